The fourth-order valence-corrected chi connectivity index (χ4v) is 4.11. The normalized spacial score (nSPS) is 12.8. The van der Waals surface area contributed by atoms with Gasteiger partial charge in [0, 0.05) is 29.1 Å². The second-order valence-electron chi connectivity index (χ2n) is 5.91. The average Bonchev–Trinajstić information content (AvgIpc) is 3.25. The minimum atomic E-state index is -0.398. The van der Waals surface area contributed by atoms with E-state index in [1.54, 1.807) is 17.4 Å². The second-order valence-corrected chi connectivity index (χ2v) is 7.69. The van der Waals surface area contributed by atoms with E-state index in [0.717, 1.165) is 15.4 Å². The van der Waals surface area contributed by atoms with Crippen LogP contribution in [0.4, 0.5) is 5.69 Å². The van der Waals surface area contributed by atoms with E-state index in [4.69, 9.17) is 5.10 Å². The standard InChI is InChI=1S/C18H18N4O2S2/c1-12(2)19-18-21(16(11-26-18)17-8-5-9-25-17)20-13(3)14-6-4-7-15(10-14)22(23)24/h4-12H,1-3H3. The Morgan fingerprint density at radius 2 is 2.04 bits per heavy atom. The maximum atomic E-state index is 11.0. The van der Waals surface area contributed by atoms with Gasteiger partial charge in [0.25, 0.3) is 5.69 Å². The summed E-state index contributed by atoms with van der Waals surface area (Å²) in [4.78, 5) is 17.2. The van der Waals surface area contributed by atoms with Crippen LogP contribution in [0.2, 0.25) is 0 Å². The van der Waals surface area contributed by atoms with Crippen molar-refractivity contribution >= 4 is 34.1 Å². The number of non-ortho nitro benzene ring substituents is 1. The third kappa shape index (κ3) is 3.97. The first-order chi connectivity index (χ1) is 12.5. The third-order valence-electron chi connectivity index (χ3n) is 3.55. The molecule has 26 heavy (non-hydrogen) atoms. The van der Waals surface area contributed by atoms with Crippen LogP contribution in [0.3, 0.4) is 0 Å². The highest BCUT2D eigenvalue weighted by atomic mass is 32.1. The van der Waals surface area contributed by atoms with Gasteiger partial charge in [-0.2, -0.15) is 5.10 Å². The SMILES string of the molecule is CC(=Nn1c(-c2cccs2)csc1=NC(C)C)c1cccc([N+](=O)[O-])c1. The number of hydrogen-bond donors (Lipinski definition) is 0. The van der Waals surface area contributed by atoms with Crippen molar-refractivity contribution in [3.05, 3.63) is 67.6 Å². The molecular formula is C18H18N4O2S2. The number of thiophene rings is 1. The molecule has 8 heteroatoms. The van der Waals surface area contributed by atoms with Crippen molar-refractivity contribution in [3.8, 4) is 10.6 Å². The monoisotopic (exact) mass is 386 g/mol. The smallest absolute Gasteiger partial charge is 0.258 e. The summed E-state index contributed by atoms with van der Waals surface area (Å²) in [6.45, 7) is 5.89. The lowest BCUT2D eigenvalue weighted by atomic mass is 10.1. The van der Waals surface area contributed by atoms with Crippen molar-refractivity contribution in [2.75, 3.05) is 0 Å². The van der Waals surface area contributed by atoms with Crippen molar-refractivity contribution in [2.24, 2.45) is 10.1 Å². The van der Waals surface area contributed by atoms with Gasteiger partial charge in [-0.1, -0.05) is 18.2 Å². The van der Waals surface area contributed by atoms with E-state index < -0.39 is 4.92 Å². The largest absolute Gasteiger partial charge is 0.270 e. The molecule has 0 saturated heterocycles. The predicted molar refractivity (Wildman–Crippen MR) is 107 cm³/mol. The maximum absolute atomic E-state index is 11.0. The van der Waals surface area contributed by atoms with Gasteiger partial charge in [0.05, 0.1) is 21.2 Å². The van der Waals surface area contributed by atoms with Gasteiger partial charge in [0.1, 0.15) is 0 Å². The molecule has 0 aliphatic rings. The lowest BCUT2D eigenvalue weighted by molar-refractivity contribution is -0.384. The summed E-state index contributed by atoms with van der Waals surface area (Å²) in [7, 11) is 0. The summed E-state index contributed by atoms with van der Waals surface area (Å²) in [5.74, 6) is 0. The number of benzene rings is 1. The molecule has 1 aromatic carbocycles. The highest BCUT2D eigenvalue weighted by molar-refractivity contribution is 7.14. The van der Waals surface area contributed by atoms with Crippen molar-refractivity contribution in [1.82, 2.24) is 4.68 Å². The Labute approximate surface area is 158 Å². The lowest BCUT2D eigenvalue weighted by Crippen LogP contribution is -2.16. The van der Waals surface area contributed by atoms with Gasteiger partial charge in [-0.3, -0.25) is 15.1 Å². The van der Waals surface area contributed by atoms with Crippen LogP contribution >= 0.6 is 22.7 Å². The van der Waals surface area contributed by atoms with Crippen LogP contribution < -0.4 is 4.80 Å². The van der Waals surface area contributed by atoms with Gasteiger partial charge in [-0.05, 0) is 32.2 Å². The maximum Gasteiger partial charge on any atom is 0.270 e. The van der Waals surface area contributed by atoms with Crippen LogP contribution in [-0.4, -0.2) is 21.4 Å². The molecule has 0 atom stereocenters. The molecule has 0 bridgehead atoms. The van der Waals surface area contributed by atoms with E-state index in [1.807, 2.05) is 54.4 Å². The van der Waals surface area contributed by atoms with Gasteiger partial charge < -0.3 is 0 Å². The topological polar surface area (TPSA) is 72.8 Å². The molecule has 3 rings (SSSR count). The number of thiazole rings is 1. The quantitative estimate of drug-likeness (QED) is 0.360. The van der Waals surface area contributed by atoms with Crippen LogP contribution in [0, 0.1) is 10.1 Å². The van der Waals surface area contributed by atoms with E-state index in [1.165, 1.54) is 23.5 Å². The van der Waals surface area contributed by atoms with Gasteiger partial charge >= 0.3 is 0 Å². The first-order valence-electron chi connectivity index (χ1n) is 8.04. The van der Waals surface area contributed by atoms with Gasteiger partial charge in [0.2, 0.25) is 4.80 Å². The molecule has 0 aliphatic carbocycles. The molecule has 0 unspecified atom stereocenters. The predicted octanol–water partition coefficient (Wildman–Crippen LogP) is 4.77. The Bertz CT molecular complexity index is 1010. The Hall–Kier alpha value is -2.58. The number of aromatic nitrogens is 1. The zero-order valence-electron chi connectivity index (χ0n) is 14.6. The summed E-state index contributed by atoms with van der Waals surface area (Å²) >= 11 is 3.17. The highest BCUT2D eigenvalue weighted by Gasteiger charge is 2.11. The average molecular weight is 387 g/mol. The van der Waals surface area contributed by atoms with Crippen LogP contribution in [0.1, 0.15) is 26.3 Å². The summed E-state index contributed by atoms with van der Waals surface area (Å²) in [5, 5.41) is 19.8. The van der Waals surface area contributed by atoms with E-state index in [0.29, 0.717) is 11.3 Å². The fraction of sp³-hybridized carbons (Fsp3) is 0.222. The molecule has 2 aromatic heterocycles. The van der Waals surface area contributed by atoms with Crippen molar-refractivity contribution in [2.45, 2.75) is 26.8 Å². The van der Waals surface area contributed by atoms with Crippen LogP contribution in [0.5, 0.6) is 0 Å². The first-order valence-corrected chi connectivity index (χ1v) is 9.80. The second kappa shape index (κ2) is 7.76. The van der Waals surface area contributed by atoms with Crippen molar-refractivity contribution < 1.29 is 4.92 Å². The zero-order chi connectivity index (χ0) is 18.7. The molecule has 0 N–H and O–H groups in total. The lowest BCUT2D eigenvalue weighted by Gasteiger charge is -2.05. The summed E-state index contributed by atoms with van der Waals surface area (Å²) in [5.41, 5.74) is 2.42. The molecule has 134 valence electrons. The number of rotatable bonds is 5. The summed E-state index contributed by atoms with van der Waals surface area (Å²) < 4.78 is 1.82. The molecule has 2 heterocycles. The minimum Gasteiger partial charge on any atom is -0.258 e. The minimum absolute atomic E-state index is 0.0536. The highest BCUT2D eigenvalue weighted by Crippen LogP contribution is 2.25. The Morgan fingerprint density at radius 1 is 1.23 bits per heavy atom. The van der Waals surface area contributed by atoms with Gasteiger partial charge in [-0.25, -0.2) is 4.68 Å². The van der Waals surface area contributed by atoms with Crippen LogP contribution in [0.15, 0.2) is 57.3 Å². The van der Waals surface area contributed by atoms with E-state index in [9.17, 15) is 10.1 Å². The van der Waals surface area contributed by atoms with E-state index >= 15 is 0 Å². The first kappa shape index (κ1) is 18.2. The number of nitro benzene ring substituents is 1. The van der Waals surface area contributed by atoms with Crippen LogP contribution in [-0.2, 0) is 0 Å². The summed E-state index contributed by atoms with van der Waals surface area (Å²) in [6, 6.07) is 10.7. The molecule has 0 saturated carbocycles. The molecule has 0 radical (unpaired) electrons. The van der Waals surface area contributed by atoms with Crippen molar-refractivity contribution in [3.63, 3.8) is 0 Å². The molecule has 3 aromatic rings. The summed E-state index contributed by atoms with van der Waals surface area (Å²) in [6.07, 6.45) is 0. The molecule has 0 spiro atoms. The fourth-order valence-electron chi connectivity index (χ4n) is 2.35. The van der Waals surface area contributed by atoms with Gasteiger partial charge in [0.15, 0.2) is 0 Å². The van der Waals surface area contributed by atoms with E-state index in [-0.39, 0.29) is 11.7 Å². The molecular weight excluding hydrogens is 368 g/mol. The molecule has 0 aliphatic heterocycles. The Morgan fingerprint density at radius 3 is 2.69 bits per heavy atom. The Balaban J connectivity index is 2.13. The molecule has 0 fully saturated rings. The number of hydrogen-bond acceptors (Lipinski definition) is 6. The Kier molecular flexibility index (Phi) is 5.43. The zero-order valence-corrected chi connectivity index (χ0v) is 16.3. The van der Waals surface area contributed by atoms with Crippen LogP contribution in [0.25, 0.3) is 10.6 Å². The van der Waals surface area contributed by atoms with Gasteiger partial charge in [-0.15, -0.1) is 22.7 Å². The number of nitro groups is 1. The third-order valence-corrected chi connectivity index (χ3v) is 5.28. The molecule has 0 amide bonds. The van der Waals surface area contributed by atoms with Crippen molar-refractivity contribution in [1.29, 1.82) is 0 Å². The number of nitrogens with zero attached hydrogens (tertiary/aromatic N) is 4. The van der Waals surface area contributed by atoms with E-state index in [2.05, 4.69) is 4.99 Å². The molecule has 6 nitrogen and oxygen atoms in total.